The van der Waals surface area contributed by atoms with Crippen LogP contribution in [-0.2, 0) is 6.42 Å². The summed E-state index contributed by atoms with van der Waals surface area (Å²) < 4.78 is 11.1. The van der Waals surface area contributed by atoms with Crippen molar-refractivity contribution in [2.45, 2.75) is 26.4 Å². The fourth-order valence-corrected chi connectivity index (χ4v) is 3.21. The second-order valence-electron chi connectivity index (χ2n) is 6.96. The van der Waals surface area contributed by atoms with Crippen LogP contribution in [0.3, 0.4) is 0 Å². The van der Waals surface area contributed by atoms with Crippen LogP contribution in [0.4, 0.5) is 0 Å². The van der Waals surface area contributed by atoms with Crippen molar-refractivity contribution >= 4 is 6.08 Å². The van der Waals surface area contributed by atoms with E-state index in [-0.39, 0.29) is 12.7 Å². The minimum atomic E-state index is -0.0202. The predicted octanol–water partition coefficient (Wildman–Crippen LogP) is 3.99. The topological polar surface area (TPSA) is 92.2 Å². The summed E-state index contributed by atoms with van der Waals surface area (Å²) in [5.74, 6) is 1.35. The number of aliphatic hydroxyl groups is 1. The Morgan fingerprint density at radius 2 is 2.04 bits per heavy atom. The van der Waals surface area contributed by atoms with Gasteiger partial charge in [-0.15, -0.1) is 0 Å². The zero-order chi connectivity index (χ0) is 19.7. The van der Waals surface area contributed by atoms with E-state index < -0.39 is 0 Å². The Kier molecular flexibility index (Phi) is 4.68. The number of nitrogens with zero attached hydrogens (tertiary/aromatic N) is 3. The molecular formula is C22H19N3O3. The number of nitriles is 1. The molecule has 4 rings (SSSR count). The van der Waals surface area contributed by atoms with Crippen LogP contribution in [0.1, 0.15) is 30.5 Å². The smallest absolute Gasteiger partial charge is 0.258 e. The van der Waals surface area contributed by atoms with Gasteiger partial charge in [-0.05, 0) is 61.2 Å². The van der Waals surface area contributed by atoms with Gasteiger partial charge in [-0.3, -0.25) is 0 Å². The highest BCUT2D eigenvalue weighted by atomic mass is 16.5. The molecular weight excluding hydrogens is 354 g/mol. The molecule has 0 atom stereocenters. The van der Waals surface area contributed by atoms with Gasteiger partial charge < -0.3 is 14.4 Å². The lowest BCUT2D eigenvalue weighted by Crippen LogP contribution is -2.06. The highest BCUT2D eigenvalue weighted by Crippen LogP contribution is 2.31. The average molecular weight is 373 g/mol. The Morgan fingerprint density at radius 1 is 1.21 bits per heavy atom. The maximum Gasteiger partial charge on any atom is 0.258 e. The molecule has 0 saturated carbocycles. The first-order valence-electron chi connectivity index (χ1n) is 9.06. The molecule has 0 unspecified atom stereocenters. The lowest BCUT2D eigenvalue weighted by Gasteiger charge is -2.11. The molecule has 2 aromatic carbocycles. The van der Waals surface area contributed by atoms with Crippen LogP contribution < -0.4 is 4.74 Å². The molecule has 1 N–H and O–H groups in total. The standard InChI is InChI=1S/C22H19N3O3/c1-13(2)27-20-6-5-17(10-19(20)11-23)22-24-21(25-28-22)16-4-3-15-7-14(12-26)8-18(15)9-16/h3-6,8-10,13,26H,7,12H2,1-2H3. The molecule has 1 heterocycles. The summed E-state index contributed by atoms with van der Waals surface area (Å²) in [6, 6.07) is 13.3. The quantitative estimate of drug-likeness (QED) is 0.727. The van der Waals surface area contributed by atoms with Crippen molar-refractivity contribution in [3.05, 3.63) is 58.7 Å². The normalized spacial score (nSPS) is 12.6. The van der Waals surface area contributed by atoms with Gasteiger partial charge in [0.1, 0.15) is 11.8 Å². The summed E-state index contributed by atoms with van der Waals surface area (Å²) in [6.45, 7) is 3.89. The third kappa shape index (κ3) is 3.40. The van der Waals surface area contributed by atoms with E-state index in [1.165, 1.54) is 5.56 Å². The second kappa shape index (κ2) is 7.29. The zero-order valence-electron chi connectivity index (χ0n) is 15.6. The third-order valence-electron chi connectivity index (χ3n) is 4.52. The molecule has 6 heteroatoms. The van der Waals surface area contributed by atoms with E-state index in [1.807, 2.05) is 38.1 Å². The summed E-state index contributed by atoms with van der Waals surface area (Å²) in [7, 11) is 0. The van der Waals surface area contributed by atoms with E-state index in [4.69, 9.17) is 9.26 Å². The average Bonchev–Trinajstić information content (AvgIpc) is 3.34. The van der Waals surface area contributed by atoms with Crippen LogP contribution in [0.5, 0.6) is 5.75 Å². The largest absolute Gasteiger partial charge is 0.490 e. The van der Waals surface area contributed by atoms with Crippen molar-refractivity contribution in [3.8, 4) is 34.7 Å². The van der Waals surface area contributed by atoms with Crippen LogP contribution in [0.25, 0.3) is 28.9 Å². The number of aliphatic hydroxyl groups excluding tert-OH is 1. The lowest BCUT2D eigenvalue weighted by atomic mass is 10.1. The number of hydrogen-bond acceptors (Lipinski definition) is 6. The van der Waals surface area contributed by atoms with E-state index in [2.05, 4.69) is 16.2 Å². The first-order valence-corrected chi connectivity index (χ1v) is 9.06. The van der Waals surface area contributed by atoms with Crippen molar-refractivity contribution in [2.75, 3.05) is 6.61 Å². The molecule has 1 aliphatic rings. The van der Waals surface area contributed by atoms with E-state index in [0.717, 1.165) is 23.1 Å². The number of rotatable bonds is 5. The Bertz CT molecular complexity index is 1110. The molecule has 1 aromatic heterocycles. The summed E-state index contributed by atoms with van der Waals surface area (Å²) >= 11 is 0. The Labute approximate surface area is 162 Å². The van der Waals surface area contributed by atoms with Gasteiger partial charge in [-0.25, -0.2) is 0 Å². The van der Waals surface area contributed by atoms with Gasteiger partial charge in [0.2, 0.25) is 5.82 Å². The van der Waals surface area contributed by atoms with Gasteiger partial charge in [0.25, 0.3) is 5.89 Å². The SMILES string of the molecule is CC(C)Oc1ccc(-c2nc(-c3ccc4c(c3)C=C(CO)C4)no2)cc1C#N. The molecule has 28 heavy (non-hydrogen) atoms. The molecule has 0 fully saturated rings. The van der Waals surface area contributed by atoms with Gasteiger partial charge >= 0.3 is 0 Å². The molecule has 6 nitrogen and oxygen atoms in total. The van der Waals surface area contributed by atoms with Crippen molar-refractivity contribution in [1.82, 2.24) is 10.1 Å². The Hall–Kier alpha value is -3.43. The number of fused-ring (bicyclic) bond motifs is 1. The molecule has 0 radical (unpaired) electrons. The van der Waals surface area contributed by atoms with Crippen molar-refractivity contribution in [3.63, 3.8) is 0 Å². The van der Waals surface area contributed by atoms with Crippen molar-refractivity contribution in [1.29, 1.82) is 5.26 Å². The van der Waals surface area contributed by atoms with Crippen LogP contribution >= 0.6 is 0 Å². The molecule has 1 aliphatic carbocycles. The first-order chi connectivity index (χ1) is 13.6. The highest BCUT2D eigenvalue weighted by molar-refractivity contribution is 5.70. The summed E-state index contributed by atoms with van der Waals surface area (Å²) in [5.41, 5.74) is 5.16. The number of benzene rings is 2. The molecule has 0 amide bonds. The van der Waals surface area contributed by atoms with Crippen LogP contribution in [0.2, 0.25) is 0 Å². The Balaban J connectivity index is 1.64. The van der Waals surface area contributed by atoms with Crippen molar-refractivity contribution in [2.24, 2.45) is 0 Å². The first kappa shape index (κ1) is 18.0. The predicted molar refractivity (Wildman–Crippen MR) is 104 cm³/mol. The van der Waals surface area contributed by atoms with E-state index >= 15 is 0 Å². The van der Waals surface area contributed by atoms with Gasteiger partial charge in [-0.1, -0.05) is 23.4 Å². The van der Waals surface area contributed by atoms with Gasteiger partial charge in [0.05, 0.1) is 18.3 Å². The van der Waals surface area contributed by atoms with Crippen LogP contribution in [0, 0.1) is 11.3 Å². The minimum absolute atomic E-state index is 0.0202. The van der Waals surface area contributed by atoms with Gasteiger partial charge in [0.15, 0.2) is 0 Å². The fraction of sp³-hybridized carbons (Fsp3) is 0.227. The Morgan fingerprint density at radius 3 is 2.79 bits per heavy atom. The van der Waals surface area contributed by atoms with Gasteiger partial charge in [-0.2, -0.15) is 10.2 Å². The maximum absolute atomic E-state index is 9.40. The maximum atomic E-state index is 9.40. The number of hydrogen-bond donors (Lipinski definition) is 1. The summed E-state index contributed by atoms with van der Waals surface area (Å²) in [4.78, 5) is 4.48. The van der Waals surface area contributed by atoms with E-state index in [0.29, 0.717) is 28.6 Å². The van der Waals surface area contributed by atoms with Gasteiger partial charge in [0, 0.05) is 11.1 Å². The number of aromatic nitrogens is 2. The van der Waals surface area contributed by atoms with Crippen LogP contribution in [0.15, 0.2) is 46.5 Å². The molecule has 0 spiro atoms. The van der Waals surface area contributed by atoms with E-state index in [9.17, 15) is 10.4 Å². The van der Waals surface area contributed by atoms with E-state index in [1.54, 1.807) is 18.2 Å². The van der Waals surface area contributed by atoms with Crippen LogP contribution in [-0.4, -0.2) is 28.0 Å². The molecule has 3 aromatic rings. The third-order valence-corrected chi connectivity index (χ3v) is 4.52. The monoisotopic (exact) mass is 373 g/mol. The minimum Gasteiger partial charge on any atom is -0.490 e. The molecule has 0 bridgehead atoms. The lowest BCUT2D eigenvalue weighted by molar-refractivity contribution is 0.241. The fourth-order valence-electron chi connectivity index (χ4n) is 3.21. The molecule has 0 aliphatic heterocycles. The zero-order valence-corrected chi connectivity index (χ0v) is 15.6. The molecule has 0 saturated heterocycles. The summed E-state index contributed by atoms with van der Waals surface area (Å²) in [6.07, 6.45) is 2.74. The summed E-state index contributed by atoms with van der Waals surface area (Å²) in [5, 5.41) is 22.8. The second-order valence-corrected chi connectivity index (χ2v) is 6.96. The number of ether oxygens (including phenoxy) is 1. The van der Waals surface area contributed by atoms with Crippen molar-refractivity contribution < 1.29 is 14.4 Å². The molecule has 140 valence electrons. The highest BCUT2D eigenvalue weighted by Gasteiger charge is 2.17.